The number of nitrogens with zero attached hydrogens (tertiary/aromatic N) is 1. The van der Waals surface area contributed by atoms with Gasteiger partial charge in [0.2, 0.25) is 0 Å². The van der Waals surface area contributed by atoms with Gasteiger partial charge in [-0.05, 0) is 127 Å². The van der Waals surface area contributed by atoms with E-state index in [4.69, 9.17) is 9.47 Å². The van der Waals surface area contributed by atoms with E-state index in [9.17, 15) is 14.7 Å². The molecule has 41 heavy (non-hydrogen) atoms. The lowest BCUT2D eigenvalue weighted by Crippen LogP contribution is -2.48. The fourth-order valence-corrected chi connectivity index (χ4v) is 7.44. The van der Waals surface area contributed by atoms with E-state index in [1.165, 1.54) is 81.7 Å². The second-order valence-corrected chi connectivity index (χ2v) is 11.8. The van der Waals surface area contributed by atoms with E-state index in [1.807, 2.05) is 12.1 Å². The van der Waals surface area contributed by atoms with Crippen LogP contribution >= 0.6 is 0 Å². The zero-order valence-electron chi connectivity index (χ0n) is 23.1. The Morgan fingerprint density at radius 1 is 0.927 bits per heavy atom. The van der Waals surface area contributed by atoms with Gasteiger partial charge in [0.25, 0.3) is 11.8 Å². The number of nitrogens with one attached hydrogen (secondary N) is 2. The number of hydrogen-bond donors (Lipinski definition) is 3. The van der Waals surface area contributed by atoms with Gasteiger partial charge in [-0.3, -0.25) is 9.59 Å². The van der Waals surface area contributed by atoms with Crippen molar-refractivity contribution in [1.29, 1.82) is 0 Å². The Hall–Kier alpha value is -4.33. The highest BCUT2D eigenvalue weighted by atomic mass is 16.5. The van der Waals surface area contributed by atoms with Gasteiger partial charge in [-0.15, -0.1) is 0 Å². The molecule has 0 atom stereocenters. The molecule has 4 bridgehead atoms. The normalized spacial score (nSPS) is 24.3. The number of methoxy groups -OCH3 is 1. The van der Waals surface area contributed by atoms with Crippen molar-refractivity contribution in [2.24, 2.45) is 22.9 Å². The molecule has 3 aromatic rings. The third-order valence-corrected chi connectivity index (χ3v) is 8.87. The minimum atomic E-state index is -0.401. The van der Waals surface area contributed by atoms with Crippen LogP contribution in [0.15, 0.2) is 71.8 Å². The van der Waals surface area contributed by atoms with Crippen molar-refractivity contribution in [1.82, 2.24) is 5.43 Å². The van der Waals surface area contributed by atoms with E-state index in [0.29, 0.717) is 28.0 Å². The molecule has 3 N–H and O–H groups in total. The van der Waals surface area contributed by atoms with Gasteiger partial charge in [-0.2, -0.15) is 5.10 Å². The molecular formula is C33H35N3O5. The summed E-state index contributed by atoms with van der Waals surface area (Å²) in [6.45, 7) is -0.163. The summed E-state index contributed by atoms with van der Waals surface area (Å²) in [4.78, 5) is 24.8. The molecule has 0 saturated heterocycles. The molecule has 0 spiro atoms. The van der Waals surface area contributed by atoms with Crippen molar-refractivity contribution in [2.75, 3.05) is 19.0 Å². The van der Waals surface area contributed by atoms with Crippen molar-refractivity contribution in [3.63, 3.8) is 0 Å². The van der Waals surface area contributed by atoms with E-state index in [1.54, 1.807) is 18.2 Å². The lowest BCUT2D eigenvalue weighted by molar-refractivity contribution is -0.118. The first-order valence-corrected chi connectivity index (χ1v) is 14.2. The van der Waals surface area contributed by atoms with Crippen LogP contribution in [0.2, 0.25) is 0 Å². The van der Waals surface area contributed by atoms with E-state index in [2.05, 4.69) is 28.0 Å². The van der Waals surface area contributed by atoms with Crippen LogP contribution in [0.5, 0.6) is 17.2 Å². The van der Waals surface area contributed by atoms with Gasteiger partial charge in [-0.25, -0.2) is 5.43 Å². The molecule has 8 heteroatoms. The number of anilines is 1. The summed E-state index contributed by atoms with van der Waals surface area (Å²) < 4.78 is 11.2. The Labute approximate surface area is 239 Å². The Balaban J connectivity index is 1.01. The van der Waals surface area contributed by atoms with Gasteiger partial charge in [0.15, 0.2) is 18.1 Å². The van der Waals surface area contributed by atoms with Crippen LogP contribution in [0.1, 0.15) is 60.0 Å². The average Bonchev–Trinajstić information content (AvgIpc) is 2.96. The second-order valence-electron chi connectivity index (χ2n) is 11.8. The molecule has 0 radical (unpaired) electrons. The predicted molar refractivity (Wildman–Crippen MR) is 157 cm³/mol. The van der Waals surface area contributed by atoms with Gasteiger partial charge >= 0.3 is 0 Å². The summed E-state index contributed by atoms with van der Waals surface area (Å²) in [6.07, 6.45) is 9.71. The first-order valence-electron chi connectivity index (χ1n) is 14.2. The number of hydrogen-bond acceptors (Lipinski definition) is 6. The number of carbonyl (C=O) groups excluding carboxylic acids is 2. The molecule has 212 valence electrons. The van der Waals surface area contributed by atoms with Crippen LogP contribution in [-0.4, -0.2) is 36.9 Å². The van der Waals surface area contributed by atoms with E-state index in [-0.39, 0.29) is 18.3 Å². The zero-order chi connectivity index (χ0) is 28.4. The summed E-state index contributed by atoms with van der Waals surface area (Å²) in [6, 6.07) is 19.5. The third kappa shape index (κ3) is 5.92. The number of phenols is 1. The highest BCUT2D eigenvalue weighted by Gasteiger charge is 2.51. The molecule has 7 rings (SSSR count). The Kier molecular flexibility index (Phi) is 7.39. The zero-order valence-corrected chi connectivity index (χ0v) is 23.1. The maximum absolute atomic E-state index is 12.6. The standard InChI is InChI=1S/C33H35N3O5/c1-40-30-15-21(19-34-36-32(39)25-3-9-28(37)10-4-25)2-11-29(30)41-20-31(38)35-27-7-5-26(6-8-27)33-16-22-12-23(17-33)14-24(13-22)18-33/h2-11,15,19,22-24,37H,12-14,16-18,20H2,1H3,(H,35,38)(H,36,39)/b34-19-. The van der Waals surface area contributed by atoms with E-state index < -0.39 is 5.91 Å². The Morgan fingerprint density at radius 2 is 1.59 bits per heavy atom. The second kappa shape index (κ2) is 11.3. The first kappa shape index (κ1) is 26.9. The molecule has 0 aromatic heterocycles. The molecule has 3 aromatic carbocycles. The number of ether oxygens (including phenoxy) is 2. The highest BCUT2D eigenvalue weighted by molar-refractivity contribution is 5.95. The maximum Gasteiger partial charge on any atom is 0.271 e. The fraction of sp³-hybridized carbons (Fsp3) is 0.364. The van der Waals surface area contributed by atoms with Crippen LogP contribution in [0.25, 0.3) is 0 Å². The van der Waals surface area contributed by atoms with E-state index in [0.717, 1.165) is 23.4 Å². The summed E-state index contributed by atoms with van der Waals surface area (Å²) in [5.74, 6) is 2.98. The van der Waals surface area contributed by atoms with Gasteiger partial charge in [-0.1, -0.05) is 12.1 Å². The Morgan fingerprint density at radius 3 is 2.22 bits per heavy atom. The van der Waals surface area contributed by atoms with Crippen molar-refractivity contribution in [3.05, 3.63) is 83.4 Å². The van der Waals surface area contributed by atoms with Crippen LogP contribution < -0.4 is 20.2 Å². The molecule has 4 aliphatic carbocycles. The summed E-state index contributed by atoms with van der Waals surface area (Å²) in [5.41, 5.74) is 6.02. The number of phenolic OH excluding ortho intramolecular Hbond substituents is 1. The predicted octanol–water partition coefficient (Wildman–Crippen LogP) is 5.65. The largest absolute Gasteiger partial charge is 0.508 e. The lowest BCUT2D eigenvalue weighted by Gasteiger charge is -2.57. The van der Waals surface area contributed by atoms with Crippen LogP contribution in [-0.2, 0) is 10.2 Å². The molecule has 4 saturated carbocycles. The quantitative estimate of drug-likeness (QED) is 0.234. The third-order valence-electron chi connectivity index (χ3n) is 8.87. The highest BCUT2D eigenvalue weighted by Crippen LogP contribution is 2.60. The summed E-state index contributed by atoms with van der Waals surface area (Å²) in [5, 5.41) is 16.3. The van der Waals surface area contributed by atoms with Crippen molar-refractivity contribution >= 4 is 23.7 Å². The topological polar surface area (TPSA) is 109 Å². The van der Waals surface area contributed by atoms with Gasteiger partial charge < -0.3 is 19.9 Å². The van der Waals surface area contributed by atoms with Crippen LogP contribution in [0.4, 0.5) is 5.69 Å². The lowest BCUT2D eigenvalue weighted by atomic mass is 9.48. The number of rotatable bonds is 9. The number of benzene rings is 3. The molecule has 8 nitrogen and oxygen atoms in total. The van der Waals surface area contributed by atoms with Gasteiger partial charge in [0.05, 0.1) is 13.3 Å². The van der Waals surface area contributed by atoms with Crippen LogP contribution in [0, 0.1) is 17.8 Å². The molecule has 2 amide bonds. The smallest absolute Gasteiger partial charge is 0.271 e. The number of amides is 2. The monoisotopic (exact) mass is 553 g/mol. The Bertz CT molecular complexity index is 1410. The average molecular weight is 554 g/mol. The van der Waals surface area contributed by atoms with Crippen molar-refractivity contribution in [3.8, 4) is 17.2 Å². The first-order chi connectivity index (χ1) is 19.9. The molecule has 4 fully saturated rings. The minimum Gasteiger partial charge on any atom is -0.508 e. The van der Waals surface area contributed by atoms with E-state index >= 15 is 0 Å². The molecular weight excluding hydrogens is 518 g/mol. The molecule has 4 aliphatic rings. The van der Waals surface area contributed by atoms with Crippen LogP contribution in [0.3, 0.4) is 0 Å². The molecule has 0 unspecified atom stereocenters. The fourth-order valence-electron chi connectivity index (χ4n) is 7.44. The minimum absolute atomic E-state index is 0.0815. The summed E-state index contributed by atoms with van der Waals surface area (Å²) in [7, 11) is 1.52. The number of aromatic hydroxyl groups is 1. The van der Waals surface area contributed by atoms with Crippen molar-refractivity contribution < 1.29 is 24.2 Å². The van der Waals surface area contributed by atoms with Gasteiger partial charge in [0.1, 0.15) is 5.75 Å². The summed E-state index contributed by atoms with van der Waals surface area (Å²) >= 11 is 0. The van der Waals surface area contributed by atoms with Gasteiger partial charge in [0, 0.05) is 11.3 Å². The SMILES string of the molecule is COc1cc(/C=N\NC(=O)c2ccc(O)cc2)ccc1OCC(=O)Nc1ccc(C23CC4CC(CC(C4)C2)C3)cc1. The maximum atomic E-state index is 12.6. The van der Waals surface area contributed by atoms with Crippen molar-refractivity contribution in [2.45, 2.75) is 43.9 Å². The number of carbonyl (C=O) groups is 2. The number of hydrazone groups is 1. The molecule has 0 aliphatic heterocycles. The molecule has 0 heterocycles.